The second kappa shape index (κ2) is 12.7. The van der Waals surface area contributed by atoms with Crippen LogP contribution in [0.15, 0.2) is 42.0 Å². The number of carbonyl (C=O) groups is 4. The second-order valence-corrected chi connectivity index (χ2v) is 10.5. The molecule has 1 fully saturated rings. The third kappa shape index (κ3) is 8.59. The molecule has 1 heterocycles. The van der Waals surface area contributed by atoms with E-state index in [9.17, 15) is 19.2 Å². The standard InChI is InChI=1S/C27H41N5O5/c1-8-17(2)23(30-22(33)16-31(7)26(36)37-27(4,5)6)25(35)32-15-20(28)14-21(32)24(34)29-18(3)19-12-10-9-11-13-19/h8-13,18,20-21,23H,14-16,28H2,1-7H3,(H,29,34)(H,30,33)/b17-8+/t18-,20+,21+,23+/m1/s1. The minimum atomic E-state index is -1.00. The minimum absolute atomic E-state index is 0.192. The molecule has 10 nitrogen and oxygen atoms in total. The van der Waals surface area contributed by atoms with Gasteiger partial charge in [0.2, 0.25) is 17.7 Å². The van der Waals surface area contributed by atoms with E-state index in [2.05, 4.69) is 10.6 Å². The van der Waals surface area contributed by atoms with E-state index in [1.54, 1.807) is 40.7 Å². The highest BCUT2D eigenvalue weighted by Gasteiger charge is 2.41. The van der Waals surface area contributed by atoms with Crippen LogP contribution >= 0.6 is 0 Å². The fraction of sp³-hybridized carbons (Fsp3) is 0.556. The van der Waals surface area contributed by atoms with Gasteiger partial charge in [-0.3, -0.25) is 14.4 Å². The molecule has 0 radical (unpaired) electrons. The molecular formula is C27H41N5O5. The van der Waals surface area contributed by atoms with Crippen LogP contribution in [0.3, 0.4) is 0 Å². The van der Waals surface area contributed by atoms with Crippen LogP contribution in [0, 0.1) is 0 Å². The molecule has 1 aromatic rings. The van der Waals surface area contributed by atoms with Gasteiger partial charge < -0.3 is 30.9 Å². The molecule has 0 saturated carbocycles. The van der Waals surface area contributed by atoms with Crippen molar-refractivity contribution >= 4 is 23.8 Å². The molecule has 1 aliphatic rings. The number of benzene rings is 1. The first-order valence-electron chi connectivity index (χ1n) is 12.5. The number of nitrogens with two attached hydrogens (primary N) is 1. The Labute approximate surface area is 219 Å². The molecule has 0 bridgehead atoms. The highest BCUT2D eigenvalue weighted by Crippen LogP contribution is 2.22. The Kier molecular flexibility index (Phi) is 10.2. The largest absolute Gasteiger partial charge is 0.444 e. The average molecular weight is 516 g/mol. The first-order valence-corrected chi connectivity index (χ1v) is 12.5. The Hall–Kier alpha value is -3.40. The topological polar surface area (TPSA) is 134 Å². The van der Waals surface area contributed by atoms with Crippen LogP contribution in [0.2, 0.25) is 0 Å². The summed E-state index contributed by atoms with van der Waals surface area (Å²) in [5.74, 6) is -1.26. The van der Waals surface area contributed by atoms with E-state index in [4.69, 9.17) is 10.5 Å². The summed E-state index contributed by atoms with van der Waals surface area (Å²) in [6.07, 6.45) is 1.39. The fourth-order valence-electron chi connectivity index (χ4n) is 4.02. The van der Waals surface area contributed by atoms with Crippen molar-refractivity contribution in [3.63, 3.8) is 0 Å². The van der Waals surface area contributed by atoms with Crippen LogP contribution in [-0.4, -0.2) is 77.5 Å². The number of hydrogen-bond donors (Lipinski definition) is 3. The summed E-state index contributed by atoms with van der Waals surface area (Å²) in [5, 5.41) is 5.69. The van der Waals surface area contributed by atoms with Gasteiger partial charge in [0.15, 0.2) is 0 Å². The lowest BCUT2D eigenvalue weighted by atomic mass is 10.1. The first-order chi connectivity index (χ1) is 17.2. The van der Waals surface area contributed by atoms with Crippen molar-refractivity contribution in [1.82, 2.24) is 20.4 Å². The summed E-state index contributed by atoms with van der Waals surface area (Å²) in [5.41, 5.74) is 7.01. The summed E-state index contributed by atoms with van der Waals surface area (Å²) in [6, 6.07) is 7.15. The van der Waals surface area contributed by atoms with E-state index < -0.39 is 35.6 Å². The molecule has 1 saturated heterocycles. The molecule has 2 rings (SSSR count). The number of likely N-dealkylation sites (tertiary alicyclic amines) is 1. The van der Waals surface area contributed by atoms with Crippen LogP contribution in [0.25, 0.3) is 0 Å². The Bertz CT molecular complexity index is 1000. The maximum atomic E-state index is 13.6. The lowest BCUT2D eigenvalue weighted by Crippen LogP contribution is -2.55. The van der Waals surface area contributed by atoms with Gasteiger partial charge in [-0.25, -0.2) is 4.79 Å². The van der Waals surface area contributed by atoms with Crippen molar-refractivity contribution in [3.8, 4) is 0 Å². The molecule has 37 heavy (non-hydrogen) atoms. The number of rotatable bonds is 8. The summed E-state index contributed by atoms with van der Waals surface area (Å²) in [7, 11) is 1.45. The van der Waals surface area contributed by atoms with Gasteiger partial charge >= 0.3 is 6.09 Å². The van der Waals surface area contributed by atoms with Gasteiger partial charge in [0, 0.05) is 19.6 Å². The predicted octanol–water partition coefficient (Wildman–Crippen LogP) is 2.11. The van der Waals surface area contributed by atoms with Gasteiger partial charge in [-0.2, -0.15) is 0 Å². The van der Waals surface area contributed by atoms with Gasteiger partial charge in [-0.05, 0) is 59.1 Å². The molecular weight excluding hydrogens is 474 g/mol. The summed E-state index contributed by atoms with van der Waals surface area (Å²) < 4.78 is 5.28. The first kappa shape index (κ1) is 29.8. The van der Waals surface area contributed by atoms with Crippen molar-refractivity contribution in [1.29, 1.82) is 0 Å². The van der Waals surface area contributed by atoms with E-state index in [0.29, 0.717) is 12.0 Å². The Morgan fingerprint density at radius 1 is 1.19 bits per heavy atom. The average Bonchev–Trinajstić information content (AvgIpc) is 3.22. The summed E-state index contributed by atoms with van der Waals surface area (Å²) in [6.45, 7) is 10.5. The zero-order valence-corrected chi connectivity index (χ0v) is 22.9. The van der Waals surface area contributed by atoms with Crippen molar-refractivity contribution < 1.29 is 23.9 Å². The number of likely N-dealkylation sites (N-methyl/N-ethyl adjacent to an activating group) is 1. The van der Waals surface area contributed by atoms with Crippen LogP contribution in [-0.2, 0) is 19.1 Å². The fourth-order valence-corrected chi connectivity index (χ4v) is 4.02. The minimum Gasteiger partial charge on any atom is -0.444 e. The molecule has 10 heteroatoms. The zero-order valence-electron chi connectivity index (χ0n) is 22.9. The van der Waals surface area contributed by atoms with Gasteiger partial charge in [0.25, 0.3) is 0 Å². The van der Waals surface area contributed by atoms with Gasteiger partial charge in [-0.15, -0.1) is 0 Å². The Balaban J connectivity index is 2.13. The lowest BCUT2D eigenvalue weighted by Gasteiger charge is -2.30. The maximum absolute atomic E-state index is 13.6. The quantitative estimate of drug-likeness (QED) is 0.454. The van der Waals surface area contributed by atoms with E-state index in [0.717, 1.165) is 10.5 Å². The highest BCUT2D eigenvalue weighted by molar-refractivity contribution is 5.95. The van der Waals surface area contributed by atoms with Crippen molar-refractivity contribution in [2.45, 2.75) is 77.7 Å². The summed E-state index contributed by atoms with van der Waals surface area (Å²) >= 11 is 0. The molecule has 1 aliphatic heterocycles. The normalized spacial score (nSPS) is 19.6. The molecule has 4 amide bonds. The van der Waals surface area contributed by atoms with Gasteiger partial charge in [0.05, 0.1) is 6.04 Å². The second-order valence-electron chi connectivity index (χ2n) is 10.5. The molecule has 4 atom stereocenters. The number of nitrogens with zero attached hydrogens (tertiary/aromatic N) is 2. The molecule has 0 unspecified atom stereocenters. The molecule has 0 spiro atoms. The smallest absolute Gasteiger partial charge is 0.410 e. The van der Waals surface area contributed by atoms with E-state index in [-0.39, 0.29) is 31.1 Å². The van der Waals surface area contributed by atoms with Crippen molar-refractivity contribution in [3.05, 3.63) is 47.5 Å². The van der Waals surface area contributed by atoms with Gasteiger partial charge in [0.1, 0.15) is 24.2 Å². The predicted molar refractivity (Wildman–Crippen MR) is 141 cm³/mol. The number of allylic oxidation sites excluding steroid dienone is 1. The number of carbonyl (C=O) groups excluding carboxylic acids is 4. The molecule has 0 aliphatic carbocycles. The molecule has 204 valence electrons. The number of hydrogen-bond acceptors (Lipinski definition) is 6. The van der Waals surface area contributed by atoms with Crippen LogP contribution in [0.4, 0.5) is 4.79 Å². The molecule has 1 aromatic carbocycles. The summed E-state index contributed by atoms with van der Waals surface area (Å²) in [4.78, 5) is 54.4. The number of amides is 4. The third-order valence-electron chi connectivity index (χ3n) is 6.13. The third-order valence-corrected chi connectivity index (χ3v) is 6.13. The lowest BCUT2D eigenvalue weighted by molar-refractivity contribution is -0.140. The monoisotopic (exact) mass is 515 g/mol. The number of nitrogens with one attached hydrogen (secondary N) is 2. The molecule has 4 N–H and O–H groups in total. The van der Waals surface area contributed by atoms with Crippen LogP contribution in [0.5, 0.6) is 0 Å². The number of ether oxygens (including phenoxy) is 1. The van der Waals surface area contributed by atoms with E-state index >= 15 is 0 Å². The van der Waals surface area contributed by atoms with Crippen LogP contribution in [0.1, 0.15) is 59.6 Å². The van der Waals surface area contributed by atoms with Crippen molar-refractivity contribution in [2.24, 2.45) is 5.73 Å². The van der Waals surface area contributed by atoms with Crippen LogP contribution < -0.4 is 16.4 Å². The van der Waals surface area contributed by atoms with E-state index in [1.807, 2.05) is 37.3 Å². The Morgan fingerprint density at radius 3 is 2.38 bits per heavy atom. The maximum Gasteiger partial charge on any atom is 0.410 e. The molecule has 0 aromatic heterocycles. The van der Waals surface area contributed by atoms with Gasteiger partial charge in [-0.1, -0.05) is 36.4 Å². The van der Waals surface area contributed by atoms with E-state index in [1.165, 1.54) is 11.9 Å². The Morgan fingerprint density at radius 2 is 1.81 bits per heavy atom. The highest BCUT2D eigenvalue weighted by atomic mass is 16.6. The van der Waals surface area contributed by atoms with Crippen molar-refractivity contribution in [2.75, 3.05) is 20.1 Å². The zero-order chi connectivity index (χ0) is 27.9. The SMILES string of the molecule is C/C=C(\C)[C@H](NC(=O)CN(C)C(=O)OC(C)(C)C)C(=O)N1C[C@@H](N)C[C@H]1C(=O)N[C@H](C)c1ccccc1.